The van der Waals surface area contributed by atoms with Crippen LogP contribution in [0.3, 0.4) is 0 Å². The van der Waals surface area contributed by atoms with E-state index in [1.807, 2.05) is 67.6 Å². The second-order valence-corrected chi connectivity index (χ2v) is 4.89. The van der Waals surface area contributed by atoms with Crippen molar-refractivity contribution in [1.82, 2.24) is 0 Å². The van der Waals surface area contributed by atoms with Crippen LogP contribution in [0.5, 0.6) is 0 Å². The van der Waals surface area contributed by atoms with Crippen molar-refractivity contribution in [2.24, 2.45) is 9.98 Å². The standard InChI is InChI=1S/C17H16N2O/c1-17(20-12-14-8-4-2-5-9-14)13-18-16(19-17)15-10-6-3-7-11-15/h2-11,13H,12H2,1H3. The lowest BCUT2D eigenvalue weighted by molar-refractivity contribution is 0.0205. The molecule has 2 aromatic rings. The second-order valence-electron chi connectivity index (χ2n) is 4.89. The van der Waals surface area contributed by atoms with Crippen molar-refractivity contribution >= 4 is 12.1 Å². The summed E-state index contributed by atoms with van der Waals surface area (Å²) in [6.07, 6.45) is 1.76. The highest BCUT2D eigenvalue weighted by Gasteiger charge is 2.27. The molecular formula is C17H16N2O. The molecule has 0 radical (unpaired) electrons. The molecule has 0 saturated carbocycles. The van der Waals surface area contributed by atoms with E-state index in [-0.39, 0.29) is 0 Å². The van der Waals surface area contributed by atoms with Crippen molar-refractivity contribution in [3.8, 4) is 0 Å². The van der Waals surface area contributed by atoms with Crippen molar-refractivity contribution < 1.29 is 4.74 Å². The quantitative estimate of drug-likeness (QED) is 0.832. The molecule has 0 aromatic heterocycles. The van der Waals surface area contributed by atoms with Gasteiger partial charge in [0.2, 0.25) is 0 Å². The lowest BCUT2D eigenvalue weighted by Crippen LogP contribution is -2.25. The summed E-state index contributed by atoms with van der Waals surface area (Å²) in [5, 5.41) is 0. The van der Waals surface area contributed by atoms with E-state index in [1.165, 1.54) is 0 Å². The van der Waals surface area contributed by atoms with Crippen LogP contribution in [-0.4, -0.2) is 17.8 Å². The van der Waals surface area contributed by atoms with E-state index < -0.39 is 5.72 Å². The zero-order chi connectivity index (χ0) is 13.8. The van der Waals surface area contributed by atoms with Crippen LogP contribution in [0, 0.1) is 0 Å². The zero-order valence-electron chi connectivity index (χ0n) is 11.4. The van der Waals surface area contributed by atoms with Gasteiger partial charge in [-0.05, 0) is 12.5 Å². The maximum absolute atomic E-state index is 5.89. The van der Waals surface area contributed by atoms with E-state index in [2.05, 4.69) is 9.98 Å². The molecule has 1 aliphatic rings. The van der Waals surface area contributed by atoms with Crippen molar-refractivity contribution in [2.75, 3.05) is 0 Å². The largest absolute Gasteiger partial charge is 0.344 e. The Bertz CT molecular complexity index is 635. The molecule has 0 amide bonds. The maximum atomic E-state index is 5.89. The van der Waals surface area contributed by atoms with Crippen LogP contribution in [0.2, 0.25) is 0 Å². The smallest absolute Gasteiger partial charge is 0.194 e. The van der Waals surface area contributed by atoms with Crippen molar-refractivity contribution in [3.05, 3.63) is 71.8 Å². The van der Waals surface area contributed by atoms with Gasteiger partial charge < -0.3 is 4.74 Å². The van der Waals surface area contributed by atoms with E-state index >= 15 is 0 Å². The Labute approximate surface area is 118 Å². The van der Waals surface area contributed by atoms with Gasteiger partial charge in [0, 0.05) is 5.56 Å². The predicted molar refractivity (Wildman–Crippen MR) is 81.1 cm³/mol. The molecule has 0 aliphatic carbocycles. The van der Waals surface area contributed by atoms with Gasteiger partial charge >= 0.3 is 0 Å². The summed E-state index contributed by atoms with van der Waals surface area (Å²) < 4.78 is 5.89. The fourth-order valence-electron chi connectivity index (χ4n) is 2.05. The van der Waals surface area contributed by atoms with E-state index in [9.17, 15) is 0 Å². The number of ether oxygens (including phenoxy) is 1. The summed E-state index contributed by atoms with van der Waals surface area (Å²) in [5.74, 6) is 0.723. The van der Waals surface area contributed by atoms with Crippen LogP contribution in [0.25, 0.3) is 0 Å². The molecule has 1 atom stereocenters. The molecule has 0 spiro atoms. The van der Waals surface area contributed by atoms with Crippen molar-refractivity contribution in [2.45, 2.75) is 19.3 Å². The Balaban J connectivity index is 1.72. The molecule has 3 rings (SSSR count). The summed E-state index contributed by atoms with van der Waals surface area (Å²) in [5.41, 5.74) is 1.46. The SMILES string of the molecule is CC1(OCc2ccccc2)C=NC(c2ccccc2)=N1. The lowest BCUT2D eigenvalue weighted by atomic mass is 10.2. The van der Waals surface area contributed by atoms with Crippen LogP contribution in [0.15, 0.2) is 70.6 Å². The Kier molecular flexibility index (Phi) is 3.44. The average Bonchev–Trinajstić information content (AvgIpc) is 2.90. The first-order valence-electron chi connectivity index (χ1n) is 6.64. The Morgan fingerprint density at radius 3 is 2.30 bits per heavy atom. The Morgan fingerprint density at radius 1 is 0.950 bits per heavy atom. The number of benzene rings is 2. The van der Waals surface area contributed by atoms with E-state index in [4.69, 9.17) is 4.74 Å². The molecule has 3 heteroatoms. The molecule has 2 aromatic carbocycles. The van der Waals surface area contributed by atoms with Gasteiger partial charge in [0.15, 0.2) is 11.6 Å². The minimum Gasteiger partial charge on any atom is -0.344 e. The third-order valence-corrected chi connectivity index (χ3v) is 3.16. The Morgan fingerprint density at radius 2 is 1.60 bits per heavy atom. The van der Waals surface area contributed by atoms with Gasteiger partial charge in [-0.1, -0.05) is 60.7 Å². The van der Waals surface area contributed by atoms with Gasteiger partial charge in [-0.15, -0.1) is 0 Å². The first-order chi connectivity index (χ1) is 9.75. The first-order valence-corrected chi connectivity index (χ1v) is 6.64. The van der Waals surface area contributed by atoms with Gasteiger partial charge in [0.25, 0.3) is 0 Å². The summed E-state index contributed by atoms with van der Waals surface area (Å²) in [4.78, 5) is 8.95. The maximum Gasteiger partial charge on any atom is 0.194 e. The minimum atomic E-state index is -0.680. The zero-order valence-corrected chi connectivity index (χ0v) is 11.4. The molecule has 100 valence electrons. The van der Waals surface area contributed by atoms with Crippen molar-refractivity contribution in [1.29, 1.82) is 0 Å². The minimum absolute atomic E-state index is 0.523. The third kappa shape index (κ3) is 2.83. The highest BCUT2D eigenvalue weighted by molar-refractivity contribution is 6.07. The second kappa shape index (κ2) is 5.39. The van der Waals surface area contributed by atoms with Crippen molar-refractivity contribution in [3.63, 3.8) is 0 Å². The summed E-state index contributed by atoms with van der Waals surface area (Å²) in [6, 6.07) is 20.0. The molecule has 0 fully saturated rings. The van der Waals surface area contributed by atoms with E-state index in [0.717, 1.165) is 17.0 Å². The normalized spacial score (nSPS) is 20.9. The molecular weight excluding hydrogens is 248 g/mol. The molecule has 20 heavy (non-hydrogen) atoms. The molecule has 1 heterocycles. The summed E-state index contributed by atoms with van der Waals surface area (Å²) >= 11 is 0. The molecule has 1 aliphatic heterocycles. The summed E-state index contributed by atoms with van der Waals surface area (Å²) in [7, 11) is 0. The van der Waals surface area contributed by atoms with Gasteiger partial charge in [-0.3, -0.25) is 0 Å². The fraction of sp³-hybridized carbons (Fsp3) is 0.176. The fourth-order valence-corrected chi connectivity index (χ4v) is 2.05. The van der Waals surface area contributed by atoms with Gasteiger partial charge in [0.05, 0.1) is 12.8 Å². The van der Waals surface area contributed by atoms with Crippen LogP contribution in [0.1, 0.15) is 18.1 Å². The molecule has 0 bridgehead atoms. The van der Waals surface area contributed by atoms with Gasteiger partial charge in [-0.25, -0.2) is 9.98 Å². The molecule has 1 unspecified atom stereocenters. The number of rotatable bonds is 4. The Hall–Kier alpha value is -2.26. The predicted octanol–water partition coefficient (Wildman–Crippen LogP) is 3.45. The van der Waals surface area contributed by atoms with E-state index in [0.29, 0.717) is 6.61 Å². The summed E-state index contributed by atoms with van der Waals surface area (Å²) in [6.45, 7) is 2.45. The molecule has 0 N–H and O–H groups in total. The van der Waals surface area contributed by atoms with Crippen LogP contribution < -0.4 is 0 Å². The number of hydrogen-bond donors (Lipinski definition) is 0. The topological polar surface area (TPSA) is 34.0 Å². The number of amidine groups is 1. The molecule has 0 saturated heterocycles. The number of nitrogens with zero attached hydrogens (tertiary/aromatic N) is 2. The van der Waals surface area contributed by atoms with Crippen LogP contribution in [-0.2, 0) is 11.3 Å². The monoisotopic (exact) mass is 264 g/mol. The first kappa shape index (κ1) is 12.8. The highest BCUT2D eigenvalue weighted by Crippen LogP contribution is 2.20. The number of aliphatic imine (C=N–C) groups is 2. The third-order valence-electron chi connectivity index (χ3n) is 3.16. The van der Waals surface area contributed by atoms with Crippen LogP contribution >= 0.6 is 0 Å². The lowest BCUT2D eigenvalue weighted by Gasteiger charge is -2.18. The van der Waals surface area contributed by atoms with Gasteiger partial charge in [0.1, 0.15) is 0 Å². The van der Waals surface area contributed by atoms with Crippen LogP contribution in [0.4, 0.5) is 0 Å². The molecule has 3 nitrogen and oxygen atoms in total. The highest BCUT2D eigenvalue weighted by atomic mass is 16.5. The van der Waals surface area contributed by atoms with Gasteiger partial charge in [-0.2, -0.15) is 0 Å². The van der Waals surface area contributed by atoms with E-state index in [1.54, 1.807) is 6.21 Å². The average molecular weight is 264 g/mol. The number of hydrogen-bond acceptors (Lipinski definition) is 3.